The topological polar surface area (TPSA) is 46.2 Å². The largest absolute Gasteiger partial charge is 0.496 e. The molecule has 23 heavy (non-hydrogen) atoms. The van der Waals surface area contributed by atoms with Gasteiger partial charge in [0.2, 0.25) is 0 Å². The maximum atomic E-state index is 5.96. The van der Waals surface area contributed by atoms with Crippen molar-refractivity contribution in [3.63, 3.8) is 0 Å². The third-order valence-corrected chi connectivity index (χ3v) is 4.44. The van der Waals surface area contributed by atoms with Crippen molar-refractivity contribution in [2.24, 2.45) is 0 Å². The normalized spacial score (nSPS) is 19.2. The zero-order valence-electron chi connectivity index (χ0n) is 14.9. The molecule has 0 spiro atoms. The summed E-state index contributed by atoms with van der Waals surface area (Å²) in [6.45, 7) is 8.09. The van der Waals surface area contributed by atoms with Gasteiger partial charge < -0.3 is 23.5 Å². The highest BCUT2D eigenvalue weighted by atomic mass is 16.7. The van der Waals surface area contributed by atoms with Gasteiger partial charge in [-0.1, -0.05) is 12.1 Å². The van der Waals surface area contributed by atoms with E-state index < -0.39 is 7.12 Å². The fraction of sp³-hybridized carbons (Fsp3) is 0.529. The minimum absolute atomic E-state index is 0.365. The van der Waals surface area contributed by atoms with E-state index in [1.165, 1.54) is 0 Å². The Morgan fingerprint density at radius 3 is 1.74 bits per heavy atom. The van der Waals surface area contributed by atoms with Crippen LogP contribution in [0.5, 0.6) is 17.2 Å². The van der Waals surface area contributed by atoms with Crippen molar-refractivity contribution in [1.29, 1.82) is 0 Å². The molecule has 0 aromatic heterocycles. The van der Waals surface area contributed by atoms with Gasteiger partial charge in [-0.25, -0.2) is 0 Å². The third-order valence-electron chi connectivity index (χ3n) is 4.44. The molecular weight excluding hydrogens is 295 g/mol. The first-order valence-electron chi connectivity index (χ1n) is 7.58. The Balaban J connectivity index is 2.30. The van der Waals surface area contributed by atoms with Crippen molar-refractivity contribution in [2.75, 3.05) is 21.3 Å². The highest BCUT2D eigenvalue weighted by Gasteiger charge is 2.50. The number of methoxy groups -OCH3 is 3. The van der Waals surface area contributed by atoms with Gasteiger partial charge in [-0.2, -0.15) is 0 Å². The van der Waals surface area contributed by atoms with Crippen molar-refractivity contribution >= 4 is 13.2 Å². The molecule has 0 unspecified atom stereocenters. The Kier molecular flexibility index (Phi) is 4.97. The first kappa shape index (κ1) is 17.7. The lowest BCUT2D eigenvalue weighted by atomic mass is 9.89. The number of benzene rings is 1. The monoisotopic (exact) mass is 320 g/mol. The Morgan fingerprint density at radius 1 is 0.870 bits per heavy atom. The van der Waals surface area contributed by atoms with Gasteiger partial charge in [-0.3, -0.25) is 0 Å². The Bertz CT molecular complexity index is 554. The zero-order valence-corrected chi connectivity index (χ0v) is 14.9. The Hall–Kier alpha value is -1.66. The van der Waals surface area contributed by atoms with Gasteiger partial charge in [0.1, 0.15) is 17.2 Å². The lowest BCUT2D eigenvalue weighted by molar-refractivity contribution is 0.00578. The first-order valence-corrected chi connectivity index (χ1v) is 7.58. The van der Waals surface area contributed by atoms with E-state index in [1.807, 2.05) is 51.9 Å². The Morgan fingerprint density at radius 2 is 1.35 bits per heavy atom. The van der Waals surface area contributed by atoms with E-state index in [2.05, 4.69) is 0 Å². The van der Waals surface area contributed by atoms with E-state index in [1.54, 1.807) is 21.3 Å². The molecule has 0 bridgehead atoms. The SMILES string of the molecule is COc1cc(OC)c(/C=C/B2OC(C)(C)C(C)(C)O2)c(OC)c1. The predicted molar refractivity (Wildman–Crippen MR) is 91.2 cm³/mol. The molecule has 0 radical (unpaired) electrons. The molecule has 126 valence electrons. The maximum absolute atomic E-state index is 5.96. The first-order chi connectivity index (χ1) is 10.7. The smallest absolute Gasteiger partial charge is 0.487 e. The molecule has 1 saturated heterocycles. The molecular formula is C17H25BO5. The summed E-state index contributed by atoms with van der Waals surface area (Å²) in [5, 5.41) is 0. The van der Waals surface area contributed by atoms with Gasteiger partial charge in [0, 0.05) is 12.1 Å². The van der Waals surface area contributed by atoms with Gasteiger partial charge >= 0.3 is 7.12 Å². The summed E-state index contributed by atoms with van der Waals surface area (Å²) >= 11 is 0. The summed E-state index contributed by atoms with van der Waals surface area (Å²) in [6.07, 6.45) is 1.89. The summed E-state index contributed by atoms with van der Waals surface area (Å²) in [6, 6.07) is 3.62. The second-order valence-corrected chi connectivity index (χ2v) is 6.43. The minimum atomic E-state index is -0.420. The molecule has 1 aromatic carbocycles. The highest BCUT2D eigenvalue weighted by Crippen LogP contribution is 2.38. The standard InChI is InChI=1S/C17H25BO5/c1-16(2)17(3,4)23-18(22-16)9-8-13-14(20-6)10-12(19-5)11-15(13)21-7/h8-11H,1-7H3/b9-8+. The average Bonchev–Trinajstić information content (AvgIpc) is 2.71. The quantitative estimate of drug-likeness (QED) is 0.779. The number of rotatable bonds is 5. The summed E-state index contributed by atoms with van der Waals surface area (Å²) in [4.78, 5) is 0. The van der Waals surface area contributed by atoms with E-state index in [-0.39, 0.29) is 11.2 Å². The van der Waals surface area contributed by atoms with Gasteiger partial charge in [-0.15, -0.1) is 0 Å². The van der Waals surface area contributed by atoms with E-state index in [0.717, 1.165) is 5.56 Å². The molecule has 6 heteroatoms. The van der Waals surface area contributed by atoms with Crippen LogP contribution in [0.2, 0.25) is 0 Å². The summed E-state index contributed by atoms with van der Waals surface area (Å²) in [5.41, 5.74) is 0.0807. The maximum Gasteiger partial charge on any atom is 0.487 e. The van der Waals surface area contributed by atoms with Crippen LogP contribution in [0.15, 0.2) is 18.1 Å². The van der Waals surface area contributed by atoms with Crippen molar-refractivity contribution in [3.05, 3.63) is 23.7 Å². The molecule has 1 aromatic rings. The molecule has 0 saturated carbocycles. The van der Waals surface area contributed by atoms with Crippen molar-refractivity contribution in [3.8, 4) is 17.2 Å². The second kappa shape index (κ2) is 6.45. The summed E-state index contributed by atoms with van der Waals surface area (Å²) in [7, 11) is 4.41. The zero-order chi connectivity index (χ0) is 17.3. The molecule has 0 aliphatic carbocycles. The van der Waals surface area contributed by atoms with E-state index in [4.69, 9.17) is 23.5 Å². The van der Waals surface area contributed by atoms with Crippen LogP contribution in [0.25, 0.3) is 6.08 Å². The van der Waals surface area contributed by atoms with Gasteiger partial charge in [0.05, 0.1) is 38.1 Å². The van der Waals surface area contributed by atoms with Crippen LogP contribution >= 0.6 is 0 Å². The molecule has 0 amide bonds. The van der Waals surface area contributed by atoms with Crippen LogP contribution in [0.1, 0.15) is 33.3 Å². The third kappa shape index (κ3) is 3.48. The fourth-order valence-electron chi connectivity index (χ4n) is 2.34. The van der Waals surface area contributed by atoms with Crippen LogP contribution in [0.3, 0.4) is 0 Å². The molecule has 1 aliphatic rings. The van der Waals surface area contributed by atoms with Crippen molar-refractivity contribution < 1.29 is 23.5 Å². The van der Waals surface area contributed by atoms with E-state index in [0.29, 0.717) is 17.2 Å². The average molecular weight is 320 g/mol. The van der Waals surface area contributed by atoms with Gasteiger partial charge in [-0.05, 0) is 27.7 Å². The molecule has 1 aliphatic heterocycles. The lowest BCUT2D eigenvalue weighted by Gasteiger charge is -2.32. The summed E-state index contributed by atoms with van der Waals surface area (Å²) < 4.78 is 28.0. The predicted octanol–water partition coefficient (Wildman–Crippen LogP) is 3.36. The highest BCUT2D eigenvalue weighted by molar-refractivity contribution is 6.52. The minimum Gasteiger partial charge on any atom is -0.496 e. The molecule has 0 N–H and O–H groups in total. The van der Waals surface area contributed by atoms with Crippen LogP contribution in [-0.4, -0.2) is 39.6 Å². The molecule has 0 atom stereocenters. The number of hydrogen-bond acceptors (Lipinski definition) is 5. The van der Waals surface area contributed by atoms with Gasteiger partial charge in [0.25, 0.3) is 0 Å². The van der Waals surface area contributed by atoms with Crippen LogP contribution < -0.4 is 14.2 Å². The fourth-order valence-corrected chi connectivity index (χ4v) is 2.34. The Labute approximate surface area is 138 Å². The van der Waals surface area contributed by atoms with Gasteiger partial charge in [0.15, 0.2) is 0 Å². The van der Waals surface area contributed by atoms with Crippen LogP contribution in [-0.2, 0) is 9.31 Å². The summed E-state index contributed by atoms with van der Waals surface area (Å²) in [5.74, 6) is 3.86. The molecule has 1 heterocycles. The van der Waals surface area contributed by atoms with Crippen LogP contribution in [0, 0.1) is 0 Å². The molecule has 5 nitrogen and oxygen atoms in total. The van der Waals surface area contributed by atoms with E-state index in [9.17, 15) is 0 Å². The van der Waals surface area contributed by atoms with Crippen molar-refractivity contribution in [2.45, 2.75) is 38.9 Å². The van der Waals surface area contributed by atoms with Crippen LogP contribution in [0.4, 0.5) is 0 Å². The second-order valence-electron chi connectivity index (χ2n) is 6.43. The van der Waals surface area contributed by atoms with E-state index >= 15 is 0 Å². The molecule has 2 rings (SSSR count). The molecule has 1 fully saturated rings. The van der Waals surface area contributed by atoms with Crippen molar-refractivity contribution in [1.82, 2.24) is 0 Å². The number of ether oxygens (including phenoxy) is 3. The lowest BCUT2D eigenvalue weighted by Crippen LogP contribution is -2.41. The number of hydrogen-bond donors (Lipinski definition) is 0.